The monoisotopic (exact) mass is 360 g/mol. The molecular weight excluding hydrogens is 348 g/mol. The summed E-state index contributed by atoms with van der Waals surface area (Å²) in [6.07, 6.45) is 0.732. The van der Waals surface area contributed by atoms with Gasteiger partial charge in [-0.2, -0.15) is 0 Å². The van der Waals surface area contributed by atoms with Crippen LogP contribution < -0.4 is 4.90 Å². The number of nitro groups is 1. The van der Waals surface area contributed by atoms with E-state index in [0.717, 1.165) is 29.8 Å². The van der Waals surface area contributed by atoms with Crippen LogP contribution in [0.3, 0.4) is 0 Å². The number of hydrogen-bond donors (Lipinski definition) is 0. The number of benzene rings is 2. The number of esters is 1. The molecule has 0 N–H and O–H groups in total. The fraction of sp³-hybridized carbons (Fsp3) is 0.176. The molecule has 1 aliphatic heterocycles. The highest BCUT2D eigenvalue weighted by Crippen LogP contribution is 2.28. The van der Waals surface area contributed by atoms with Crippen LogP contribution in [0.15, 0.2) is 42.5 Å². The fourth-order valence-corrected chi connectivity index (χ4v) is 2.88. The number of hydrogen-bond acceptors (Lipinski definition) is 5. The predicted octanol–water partition coefficient (Wildman–Crippen LogP) is 2.99. The average molecular weight is 361 g/mol. The second-order valence-corrected chi connectivity index (χ2v) is 5.86. The Morgan fingerprint density at radius 3 is 2.76 bits per heavy atom. The van der Waals surface area contributed by atoms with Gasteiger partial charge in [0.1, 0.15) is 5.56 Å². The Morgan fingerprint density at radius 2 is 2.00 bits per heavy atom. The maximum absolute atomic E-state index is 12.3. The largest absolute Gasteiger partial charge is 0.452 e. The normalized spacial score (nSPS) is 12.6. The molecule has 0 atom stereocenters. The summed E-state index contributed by atoms with van der Waals surface area (Å²) in [5.74, 6) is -1.35. The van der Waals surface area contributed by atoms with E-state index in [2.05, 4.69) is 0 Å². The van der Waals surface area contributed by atoms with E-state index in [1.807, 2.05) is 24.3 Å². The molecule has 0 bridgehead atoms. The Hall–Kier alpha value is -2.93. The first-order valence-corrected chi connectivity index (χ1v) is 7.84. The highest BCUT2D eigenvalue weighted by Gasteiger charge is 2.27. The molecule has 7 nitrogen and oxygen atoms in total. The van der Waals surface area contributed by atoms with Gasteiger partial charge in [0.15, 0.2) is 6.61 Å². The van der Waals surface area contributed by atoms with Gasteiger partial charge in [0, 0.05) is 23.3 Å². The molecule has 0 saturated heterocycles. The third-order valence-corrected chi connectivity index (χ3v) is 4.13. The summed E-state index contributed by atoms with van der Waals surface area (Å²) >= 11 is 5.78. The van der Waals surface area contributed by atoms with Crippen molar-refractivity contribution in [1.29, 1.82) is 0 Å². The number of ether oxygens (including phenoxy) is 1. The molecule has 1 aliphatic rings. The quantitative estimate of drug-likeness (QED) is 0.475. The summed E-state index contributed by atoms with van der Waals surface area (Å²) in [6.45, 7) is 0.00385. The third-order valence-electron chi connectivity index (χ3n) is 3.89. The minimum atomic E-state index is -0.963. The molecule has 25 heavy (non-hydrogen) atoms. The van der Waals surface area contributed by atoms with Gasteiger partial charge in [0.25, 0.3) is 11.6 Å². The van der Waals surface area contributed by atoms with Crippen LogP contribution in [-0.2, 0) is 16.0 Å². The molecule has 0 aromatic heterocycles. The van der Waals surface area contributed by atoms with E-state index in [0.29, 0.717) is 6.54 Å². The van der Waals surface area contributed by atoms with Crippen LogP contribution in [0, 0.1) is 10.1 Å². The van der Waals surface area contributed by atoms with Crippen molar-refractivity contribution in [3.8, 4) is 0 Å². The molecule has 8 heteroatoms. The number of para-hydroxylation sites is 1. The first kappa shape index (κ1) is 16.9. The van der Waals surface area contributed by atoms with Crippen LogP contribution in [-0.4, -0.2) is 30.0 Å². The smallest absolute Gasteiger partial charge is 0.345 e. The summed E-state index contributed by atoms with van der Waals surface area (Å²) in [7, 11) is 0. The molecule has 2 aromatic carbocycles. The van der Waals surface area contributed by atoms with Gasteiger partial charge in [-0.1, -0.05) is 29.8 Å². The number of amides is 1. The molecule has 0 saturated carbocycles. The Bertz CT molecular complexity index is 868. The Balaban J connectivity index is 1.70. The van der Waals surface area contributed by atoms with Gasteiger partial charge in [-0.05, 0) is 30.2 Å². The van der Waals surface area contributed by atoms with Crippen molar-refractivity contribution in [2.24, 2.45) is 0 Å². The Morgan fingerprint density at radius 1 is 1.24 bits per heavy atom. The molecule has 0 spiro atoms. The van der Waals surface area contributed by atoms with Gasteiger partial charge in [0.2, 0.25) is 0 Å². The summed E-state index contributed by atoms with van der Waals surface area (Å²) in [4.78, 5) is 36.3. The van der Waals surface area contributed by atoms with E-state index in [1.54, 1.807) is 0 Å². The van der Waals surface area contributed by atoms with E-state index >= 15 is 0 Å². The maximum Gasteiger partial charge on any atom is 0.345 e. The molecule has 2 aromatic rings. The Labute approximate surface area is 147 Å². The Kier molecular flexibility index (Phi) is 4.67. The number of carbonyl (C=O) groups is 2. The minimum Gasteiger partial charge on any atom is -0.452 e. The lowest BCUT2D eigenvalue weighted by atomic mass is 10.2. The van der Waals surface area contributed by atoms with Gasteiger partial charge >= 0.3 is 5.97 Å². The second-order valence-electron chi connectivity index (χ2n) is 5.42. The molecule has 0 unspecified atom stereocenters. The second kappa shape index (κ2) is 6.90. The van der Waals surface area contributed by atoms with Gasteiger partial charge < -0.3 is 9.64 Å². The zero-order valence-electron chi connectivity index (χ0n) is 13.0. The van der Waals surface area contributed by atoms with Gasteiger partial charge in [-0.25, -0.2) is 4.79 Å². The van der Waals surface area contributed by atoms with Crippen molar-refractivity contribution in [1.82, 2.24) is 0 Å². The van der Waals surface area contributed by atoms with E-state index in [-0.39, 0.29) is 16.5 Å². The summed E-state index contributed by atoms with van der Waals surface area (Å²) in [5.41, 5.74) is 1.13. The van der Waals surface area contributed by atoms with Gasteiger partial charge in [-0.3, -0.25) is 14.9 Å². The molecule has 3 rings (SSSR count). The van der Waals surface area contributed by atoms with E-state index in [4.69, 9.17) is 16.3 Å². The first-order valence-electron chi connectivity index (χ1n) is 7.46. The van der Waals surface area contributed by atoms with Crippen LogP contribution in [0.2, 0.25) is 5.02 Å². The van der Waals surface area contributed by atoms with Gasteiger partial charge in [-0.15, -0.1) is 0 Å². The molecule has 0 fully saturated rings. The van der Waals surface area contributed by atoms with Crippen LogP contribution >= 0.6 is 11.6 Å². The zero-order chi connectivity index (χ0) is 18.0. The lowest BCUT2D eigenvalue weighted by Gasteiger charge is -2.17. The predicted molar refractivity (Wildman–Crippen MR) is 90.9 cm³/mol. The fourth-order valence-electron chi connectivity index (χ4n) is 2.71. The molecule has 1 amide bonds. The highest BCUT2D eigenvalue weighted by atomic mass is 35.5. The molecular formula is C17H13ClN2O5. The maximum atomic E-state index is 12.3. The van der Waals surface area contributed by atoms with Crippen molar-refractivity contribution in [3.63, 3.8) is 0 Å². The number of nitro benzene ring substituents is 1. The molecule has 128 valence electrons. The van der Waals surface area contributed by atoms with Crippen LogP contribution in [0.1, 0.15) is 15.9 Å². The topological polar surface area (TPSA) is 89.8 Å². The number of carbonyl (C=O) groups excluding carboxylic acids is 2. The molecule has 1 heterocycles. The van der Waals surface area contributed by atoms with Gasteiger partial charge in [0.05, 0.1) is 4.92 Å². The number of rotatable bonds is 4. The molecule has 0 aliphatic carbocycles. The average Bonchev–Trinajstić information content (AvgIpc) is 3.03. The summed E-state index contributed by atoms with van der Waals surface area (Å²) < 4.78 is 4.97. The SMILES string of the molecule is O=C(OCC(=O)N1CCc2ccccc21)c1cc(Cl)ccc1[N+](=O)[O-]. The van der Waals surface area contributed by atoms with Crippen molar-refractivity contribution in [2.75, 3.05) is 18.1 Å². The van der Waals surface area contributed by atoms with Crippen molar-refractivity contribution in [2.45, 2.75) is 6.42 Å². The van der Waals surface area contributed by atoms with E-state index < -0.39 is 23.2 Å². The van der Waals surface area contributed by atoms with Crippen molar-refractivity contribution < 1.29 is 19.2 Å². The minimum absolute atomic E-state index is 0.164. The van der Waals surface area contributed by atoms with Crippen molar-refractivity contribution in [3.05, 3.63) is 68.7 Å². The van der Waals surface area contributed by atoms with Crippen LogP contribution in [0.5, 0.6) is 0 Å². The summed E-state index contributed by atoms with van der Waals surface area (Å²) in [5, 5.41) is 11.2. The standard InChI is InChI=1S/C17H13ClN2O5/c18-12-5-6-15(20(23)24)13(9-12)17(22)25-10-16(21)19-8-7-11-3-1-2-4-14(11)19/h1-6,9H,7-8,10H2. The van der Waals surface area contributed by atoms with Crippen molar-refractivity contribution >= 4 is 34.9 Å². The van der Waals surface area contributed by atoms with E-state index in [1.165, 1.54) is 11.0 Å². The van der Waals surface area contributed by atoms with Crippen LogP contribution in [0.4, 0.5) is 11.4 Å². The molecule has 0 radical (unpaired) electrons. The highest BCUT2D eigenvalue weighted by molar-refractivity contribution is 6.31. The number of halogens is 1. The summed E-state index contributed by atoms with van der Waals surface area (Å²) in [6, 6.07) is 11.1. The van der Waals surface area contributed by atoms with E-state index in [9.17, 15) is 19.7 Å². The third kappa shape index (κ3) is 3.46. The lowest BCUT2D eigenvalue weighted by molar-refractivity contribution is -0.385. The zero-order valence-corrected chi connectivity index (χ0v) is 13.7. The number of fused-ring (bicyclic) bond motifs is 1. The first-order chi connectivity index (χ1) is 12.0. The lowest BCUT2D eigenvalue weighted by Crippen LogP contribution is -2.33. The van der Waals surface area contributed by atoms with Crippen LogP contribution in [0.25, 0.3) is 0 Å². The number of anilines is 1. The number of nitrogens with zero attached hydrogens (tertiary/aromatic N) is 2.